The van der Waals surface area contributed by atoms with Crippen molar-refractivity contribution in [3.8, 4) is 0 Å². The Labute approximate surface area is 113 Å². The molecule has 0 radical (unpaired) electrons. The Bertz CT molecular complexity index is 581. The van der Waals surface area contributed by atoms with E-state index in [0.29, 0.717) is 11.3 Å². The zero-order valence-corrected chi connectivity index (χ0v) is 10.9. The lowest BCUT2D eigenvalue weighted by atomic mass is 10.0. The highest BCUT2D eigenvalue weighted by Crippen LogP contribution is 2.33. The number of rotatable bonds is 3. The summed E-state index contributed by atoms with van der Waals surface area (Å²) < 4.78 is 39.5. The smallest absolute Gasteiger partial charge is 0.302 e. The highest BCUT2D eigenvalue weighted by molar-refractivity contribution is 6.52. The summed E-state index contributed by atoms with van der Waals surface area (Å²) in [6.45, 7) is 2.45. The SMILES string of the molecule is Cc1cc(C)c2c(c1)C(=O)C(=O)N2CCOC(F)(F)F. The van der Waals surface area contributed by atoms with E-state index < -0.39 is 24.7 Å². The van der Waals surface area contributed by atoms with Gasteiger partial charge in [-0.25, -0.2) is 0 Å². The van der Waals surface area contributed by atoms with E-state index in [9.17, 15) is 22.8 Å². The van der Waals surface area contributed by atoms with Crippen LogP contribution in [0, 0.1) is 13.8 Å². The van der Waals surface area contributed by atoms with Crippen LogP contribution in [0.15, 0.2) is 12.1 Å². The van der Waals surface area contributed by atoms with Gasteiger partial charge in [0.05, 0.1) is 24.4 Å². The second-order valence-electron chi connectivity index (χ2n) is 4.56. The van der Waals surface area contributed by atoms with Crippen molar-refractivity contribution < 1.29 is 27.5 Å². The summed E-state index contributed by atoms with van der Waals surface area (Å²) in [5, 5.41) is 0. The Morgan fingerprint density at radius 1 is 1.20 bits per heavy atom. The Balaban J connectivity index is 2.25. The van der Waals surface area contributed by atoms with Gasteiger partial charge >= 0.3 is 6.36 Å². The van der Waals surface area contributed by atoms with Crippen molar-refractivity contribution >= 4 is 17.4 Å². The molecule has 0 aromatic heterocycles. The third-order valence-electron chi connectivity index (χ3n) is 2.98. The number of nitrogens with zero attached hydrogens (tertiary/aromatic N) is 1. The molecule has 1 amide bonds. The predicted octanol–water partition coefficient (Wildman–Crippen LogP) is 2.37. The molecule has 1 aromatic carbocycles. The van der Waals surface area contributed by atoms with Crippen LogP contribution in [0.1, 0.15) is 21.5 Å². The molecule has 0 saturated heterocycles. The first-order chi connectivity index (χ1) is 9.20. The lowest BCUT2D eigenvalue weighted by Gasteiger charge is -2.19. The summed E-state index contributed by atoms with van der Waals surface area (Å²) in [5.74, 6) is -1.52. The largest absolute Gasteiger partial charge is 0.522 e. The summed E-state index contributed by atoms with van der Waals surface area (Å²) >= 11 is 0. The third kappa shape index (κ3) is 2.67. The number of hydrogen-bond donors (Lipinski definition) is 0. The van der Waals surface area contributed by atoms with E-state index in [1.54, 1.807) is 26.0 Å². The number of hydrogen-bond acceptors (Lipinski definition) is 3. The van der Waals surface area contributed by atoms with E-state index in [4.69, 9.17) is 0 Å². The van der Waals surface area contributed by atoms with Crippen molar-refractivity contribution in [2.75, 3.05) is 18.1 Å². The summed E-state index contributed by atoms with van der Waals surface area (Å²) in [6, 6.07) is 3.33. The van der Waals surface area contributed by atoms with Gasteiger partial charge in [-0.05, 0) is 31.0 Å². The van der Waals surface area contributed by atoms with Crippen molar-refractivity contribution in [3.63, 3.8) is 0 Å². The van der Waals surface area contributed by atoms with Gasteiger partial charge in [0.2, 0.25) is 0 Å². The molecule has 20 heavy (non-hydrogen) atoms. The summed E-state index contributed by atoms with van der Waals surface area (Å²) in [5.41, 5.74) is 2.10. The minimum Gasteiger partial charge on any atom is -0.302 e. The number of aryl methyl sites for hydroxylation is 2. The maximum Gasteiger partial charge on any atom is 0.522 e. The van der Waals surface area contributed by atoms with Crippen LogP contribution < -0.4 is 4.90 Å². The average Bonchev–Trinajstić information content (AvgIpc) is 2.53. The van der Waals surface area contributed by atoms with E-state index in [1.807, 2.05) is 0 Å². The van der Waals surface area contributed by atoms with Crippen LogP contribution in [0.4, 0.5) is 18.9 Å². The van der Waals surface area contributed by atoms with Crippen molar-refractivity contribution in [1.29, 1.82) is 0 Å². The molecule has 0 spiro atoms. The van der Waals surface area contributed by atoms with Gasteiger partial charge in [-0.15, -0.1) is 13.2 Å². The number of fused-ring (bicyclic) bond motifs is 1. The molecule has 1 aliphatic heterocycles. The quantitative estimate of drug-likeness (QED) is 0.802. The number of ether oxygens (including phenoxy) is 1. The monoisotopic (exact) mass is 287 g/mol. The second kappa shape index (κ2) is 4.90. The van der Waals surface area contributed by atoms with Gasteiger partial charge in [-0.2, -0.15) is 0 Å². The summed E-state index contributed by atoms with van der Waals surface area (Å²) in [4.78, 5) is 24.7. The molecule has 0 aliphatic carbocycles. The number of benzene rings is 1. The Morgan fingerprint density at radius 3 is 2.45 bits per heavy atom. The zero-order chi connectivity index (χ0) is 15.1. The summed E-state index contributed by atoms with van der Waals surface area (Å²) in [7, 11) is 0. The van der Waals surface area contributed by atoms with Gasteiger partial charge in [-0.1, -0.05) is 6.07 Å². The van der Waals surface area contributed by atoms with Gasteiger partial charge in [0.25, 0.3) is 11.7 Å². The average molecular weight is 287 g/mol. The zero-order valence-electron chi connectivity index (χ0n) is 10.9. The number of amides is 1. The third-order valence-corrected chi connectivity index (χ3v) is 2.98. The number of carbonyl (C=O) groups is 2. The van der Waals surface area contributed by atoms with Crippen molar-refractivity contribution in [2.24, 2.45) is 0 Å². The predicted molar refractivity (Wildman–Crippen MR) is 64.6 cm³/mol. The normalized spacial score (nSPS) is 14.9. The van der Waals surface area contributed by atoms with Crippen LogP contribution in [0.5, 0.6) is 0 Å². The van der Waals surface area contributed by atoms with Crippen LogP contribution in [-0.4, -0.2) is 31.2 Å². The standard InChI is InChI=1S/C13H12F3NO3/c1-7-5-8(2)10-9(6-7)11(18)12(19)17(10)3-4-20-13(14,15)16/h5-6H,3-4H2,1-2H3. The van der Waals surface area contributed by atoms with E-state index in [-0.39, 0.29) is 12.1 Å². The van der Waals surface area contributed by atoms with Crippen molar-refractivity contribution in [3.05, 3.63) is 28.8 Å². The van der Waals surface area contributed by atoms with Gasteiger partial charge in [0.1, 0.15) is 0 Å². The van der Waals surface area contributed by atoms with Gasteiger partial charge in [0.15, 0.2) is 0 Å². The first-order valence-electron chi connectivity index (χ1n) is 5.89. The van der Waals surface area contributed by atoms with Crippen LogP contribution >= 0.6 is 0 Å². The molecular formula is C13H12F3NO3. The highest BCUT2D eigenvalue weighted by Gasteiger charge is 2.37. The number of Topliss-reactive ketones (excluding diaryl/α,β-unsaturated/α-hetero) is 1. The Kier molecular flexibility index (Phi) is 3.56. The van der Waals surface area contributed by atoms with Crippen molar-refractivity contribution in [2.45, 2.75) is 20.2 Å². The molecule has 1 aromatic rings. The van der Waals surface area contributed by atoms with Gasteiger partial charge < -0.3 is 4.90 Å². The molecule has 1 aliphatic rings. The molecule has 0 saturated carbocycles. The van der Waals surface area contributed by atoms with Gasteiger partial charge in [-0.3, -0.25) is 14.3 Å². The highest BCUT2D eigenvalue weighted by atomic mass is 19.4. The van der Waals surface area contributed by atoms with E-state index >= 15 is 0 Å². The number of halogens is 3. The lowest BCUT2D eigenvalue weighted by molar-refractivity contribution is -0.323. The molecule has 108 valence electrons. The number of alkyl halides is 3. The first-order valence-corrected chi connectivity index (χ1v) is 5.89. The van der Waals surface area contributed by atoms with Crippen LogP contribution in [0.25, 0.3) is 0 Å². The Morgan fingerprint density at radius 2 is 1.85 bits per heavy atom. The number of anilines is 1. The molecule has 4 nitrogen and oxygen atoms in total. The van der Waals surface area contributed by atoms with Crippen LogP contribution in [-0.2, 0) is 9.53 Å². The fourth-order valence-corrected chi connectivity index (χ4v) is 2.30. The van der Waals surface area contributed by atoms with Crippen LogP contribution in [0.3, 0.4) is 0 Å². The fourth-order valence-electron chi connectivity index (χ4n) is 2.30. The molecule has 0 bridgehead atoms. The molecule has 0 N–H and O–H groups in total. The van der Waals surface area contributed by atoms with E-state index in [1.165, 1.54) is 0 Å². The second-order valence-corrected chi connectivity index (χ2v) is 4.56. The van der Waals surface area contributed by atoms with E-state index in [2.05, 4.69) is 4.74 Å². The molecule has 1 heterocycles. The molecule has 7 heteroatoms. The molecule has 2 rings (SSSR count). The maximum atomic E-state index is 11.9. The Hall–Kier alpha value is -1.89. The number of ketones is 1. The van der Waals surface area contributed by atoms with E-state index in [0.717, 1.165) is 10.5 Å². The number of carbonyl (C=O) groups excluding carboxylic acids is 2. The topological polar surface area (TPSA) is 46.6 Å². The molecule has 0 fully saturated rings. The van der Waals surface area contributed by atoms with Crippen LogP contribution in [0.2, 0.25) is 0 Å². The minimum atomic E-state index is -4.75. The molecular weight excluding hydrogens is 275 g/mol. The van der Waals surface area contributed by atoms with Gasteiger partial charge in [0, 0.05) is 0 Å². The maximum absolute atomic E-state index is 11.9. The summed E-state index contributed by atoms with van der Waals surface area (Å²) in [6.07, 6.45) is -4.75. The van der Waals surface area contributed by atoms with Crippen molar-refractivity contribution in [1.82, 2.24) is 0 Å². The lowest BCUT2D eigenvalue weighted by Crippen LogP contribution is -2.34. The minimum absolute atomic E-state index is 0.236. The molecule has 0 unspecified atom stereocenters. The molecule has 0 atom stereocenters. The first kappa shape index (κ1) is 14.5. The fraction of sp³-hybridized carbons (Fsp3) is 0.385.